The zero-order chi connectivity index (χ0) is 12.5. The zero-order valence-electron chi connectivity index (χ0n) is 10.6. The first-order valence-corrected chi connectivity index (χ1v) is 5.88. The van der Waals surface area contributed by atoms with Crippen molar-refractivity contribution >= 4 is 0 Å². The summed E-state index contributed by atoms with van der Waals surface area (Å²) >= 11 is 0. The predicted octanol–water partition coefficient (Wildman–Crippen LogP) is 1.06. The number of aromatic hydroxyl groups is 1. The Labute approximate surface area is 103 Å². The highest BCUT2D eigenvalue weighted by Gasteiger charge is 1.97. The minimum Gasteiger partial charge on any atom is -0.508 e. The van der Waals surface area contributed by atoms with Crippen LogP contribution in [0.2, 0.25) is 0 Å². The van der Waals surface area contributed by atoms with Crippen molar-refractivity contribution in [1.29, 1.82) is 0 Å². The molecular formula is C13H22N2O2. The first-order chi connectivity index (χ1) is 8.22. The third kappa shape index (κ3) is 6.26. The van der Waals surface area contributed by atoms with Gasteiger partial charge in [0.05, 0.1) is 6.61 Å². The number of nitrogens with zero attached hydrogens (tertiary/aromatic N) is 1. The van der Waals surface area contributed by atoms with Crippen LogP contribution in [0.3, 0.4) is 0 Å². The van der Waals surface area contributed by atoms with Gasteiger partial charge in [0.25, 0.3) is 0 Å². The molecule has 0 saturated carbocycles. The van der Waals surface area contributed by atoms with Gasteiger partial charge in [-0.05, 0) is 24.7 Å². The summed E-state index contributed by atoms with van der Waals surface area (Å²) in [6, 6.07) is 7.28. The molecule has 0 saturated heterocycles. The average Bonchev–Trinajstić information content (AvgIpc) is 2.34. The molecule has 0 bridgehead atoms. The van der Waals surface area contributed by atoms with Crippen LogP contribution in [0.15, 0.2) is 24.3 Å². The molecule has 0 heterocycles. The van der Waals surface area contributed by atoms with E-state index in [2.05, 4.69) is 17.3 Å². The maximum atomic E-state index is 9.14. The smallest absolute Gasteiger partial charge is 0.115 e. The van der Waals surface area contributed by atoms with Crippen LogP contribution >= 0.6 is 0 Å². The summed E-state index contributed by atoms with van der Waals surface area (Å²) in [6.45, 7) is 4.51. The minimum atomic E-state index is 0.313. The van der Waals surface area contributed by atoms with Crippen LogP contribution in [0.5, 0.6) is 5.75 Å². The summed E-state index contributed by atoms with van der Waals surface area (Å²) in [5, 5.41) is 12.5. The van der Waals surface area contributed by atoms with Gasteiger partial charge in [-0.15, -0.1) is 0 Å². The average molecular weight is 238 g/mol. The molecule has 0 aliphatic carbocycles. The predicted molar refractivity (Wildman–Crippen MR) is 69.2 cm³/mol. The molecule has 96 valence electrons. The number of ether oxygens (including phenoxy) is 1. The molecule has 0 aliphatic rings. The van der Waals surface area contributed by atoms with Crippen molar-refractivity contribution < 1.29 is 9.84 Å². The molecule has 0 fully saturated rings. The van der Waals surface area contributed by atoms with E-state index < -0.39 is 0 Å². The van der Waals surface area contributed by atoms with Crippen LogP contribution in [0.4, 0.5) is 0 Å². The van der Waals surface area contributed by atoms with Gasteiger partial charge in [-0.25, -0.2) is 0 Å². The van der Waals surface area contributed by atoms with Crippen molar-refractivity contribution in [2.75, 3.05) is 40.4 Å². The van der Waals surface area contributed by atoms with Crippen LogP contribution in [0.1, 0.15) is 5.56 Å². The first kappa shape index (κ1) is 14.0. The number of rotatable bonds is 8. The normalized spacial score (nSPS) is 11.0. The Morgan fingerprint density at radius 1 is 1.24 bits per heavy atom. The molecular weight excluding hydrogens is 216 g/mol. The van der Waals surface area contributed by atoms with Gasteiger partial charge in [-0.2, -0.15) is 0 Å². The van der Waals surface area contributed by atoms with Crippen molar-refractivity contribution in [3.63, 3.8) is 0 Å². The number of phenols is 1. The van der Waals surface area contributed by atoms with Crippen LogP contribution in [-0.2, 0) is 11.3 Å². The van der Waals surface area contributed by atoms with E-state index in [0.717, 1.165) is 32.8 Å². The molecule has 0 atom stereocenters. The molecule has 1 aromatic rings. The maximum Gasteiger partial charge on any atom is 0.115 e. The summed E-state index contributed by atoms with van der Waals surface area (Å²) in [5.74, 6) is 0.313. The molecule has 0 aliphatic heterocycles. The lowest BCUT2D eigenvalue weighted by atomic mass is 10.2. The van der Waals surface area contributed by atoms with Crippen molar-refractivity contribution in [3.8, 4) is 5.75 Å². The summed E-state index contributed by atoms with van der Waals surface area (Å²) in [4.78, 5) is 2.23. The minimum absolute atomic E-state index is 0.313. The van der Waals surface area contributed by atoms with Gasteiger partial charge in [0.15, 0.2) is 0 Å². The van der Waals surface area contributed by atoms with E-state index in [1.54, 1.807) is 19.2 Å². The Hall–Kier alpha value is -1.10. The number of hydrogen-bond acceptors (Lipinski definition) is 4. The lowest BCUT2D eigenvalue weighted by molar-refractivity contribution is 0.161. The molecule has 4 nitrogen and oxygen atoms in total. The number of methoxy groups -OCH3 is 1. The standard InChI is InChI=1S/C13H22N2O2/c1-15(9-10-17-2)8-7-14-11-12-3-5-13(16)6-4-12/h3-6,14,16H,7-11H2,1-2H3. The first-order valence-electron chi connectivity index (χ1n) is 5.88. The van der Waals surface area contributed by atoms with Gasteiger partial charge >= 0.3 is 0 Å². The molecule has 0 unspecified atom stereocenters. The fraction of sp³-hybridized carbons (Fsp3) is 0.538. The van der Waals surface area contributed by atoms with Gasteiger partial charge in [-0.3, -0.25) is 0 Å². The summed E-state index contributed by atoms with van der Waals surface area (Å²) in [6.07, 6.45) is 0. The SMILES string of the molecule is COCCN(C)CCNCc1ccc(O)cc1. The molecule has 1 aromatic carbocycles. The Kier molecular flexibility index (Phi) is 6.62. The summed E-state index contributed by atoms with van der Waals surface area (Å²) in [7, 11) is 3.80. The molecule has 0 spiro atoms. The second-order valence-electron chi connectivity index (χ2n) is 4.14. The fourth-order valence-electron chi connectivity index (χ4n) is 1.48. The third-order valence-electron chi connectivity index (χ3n) is 2.61. The van der Waals surface area contributed by atoms with Crippen LogP contribution in [0, 0.1) is 0 Å². The van der Waals surface area contributed by atoms with E-state index in [1.807, 2.05) is 12.1 Å². The van der Waals surface area contributed by atoms with Crippen molar-refractivity contribution in [2.24, 2.45) is 0 Å². The molecule has 1 rings (SSSR count). The fourth-order valence-corrected chi connectivity index (χ4v) is 1.48. The Morgan fingerprint density at radius 3 is 2.59 bits per heavy atom. The molecule has 4 heteroatoms. The van der Waals surface area contributed by atoms with E-state index in [9.17, 15) is 0 Å². The van der Waals surface area contributed by atoms with E-state index in [0.29, 0.717) is 5.75 Å². The van der Waals surface area contributed by atoms with Crippen molar-refractivity contribution in [2.45, 2.75) is 6.54 Å². The second kappa shape index (κ2) is 8.06. The number of likely N-dealkylation sites (N-methyl/N-ethyl adjacent to an activating group) is 1. The second-order valence-corrected chi connectivity index (χ2v) is 4.14. The quantitative estimate of drug-likeness (QED) is 0.665. The lowest BCUT2D eigenvalue weighted by Gasteiger charge is -2.16. The molecule has 0 radical (unpaired) electrons. The van der Waals surface area contributed by atoms with Crippen LogP contribution < -0.4 is 5.32 Å². The monoisotopic (exact) mass is 238 g/mol. The molecule has 0 aromatic heterocycles. The molecule has 0 amide bonds. The zero-order valence-corrected chi connectivity index (χ0v) is 10.6. The van der Waals surface area contributed by atoms with Crippen molar-refractivity contribution in [3.05, 3.63) is 29.8 Å². The highest BCUT2D eigenvalue weighted by Crippen LogP contribution is 2.08. The van der Waals surface area contributed by atoms with Gasteiger partial charge in [0, 0.05) is 33.3 Å². The van der Waals surface area contributed by atoms with Gasteiger partial charge in [-0.1, -0.05) is 12.1 Å². The topological polar surface area (TPSA) is 44.7 Å². The lowest BCUT2D eigenvalue weighted by Crippen LogP contribution is -2.31. The van der Waals surface area contributed by atoms with E-state index in [-0.39, 0.29) is 0 Å². The van der Waals surface area contributed by atoms with E-state index in [1.165, 1.54) is 5.56 Å². The Bertz CT molecular complexity index is 301. The van der Waals surface area contributed by atoms with Crippen molar-refractivity contribution in [1.82, 2.24) is 10.2 Å². The van der Waals surface area contributed by atoms with Crippen LogP contribution in [-0.4, -0.2) is 50.4 Å². The number of nitrogens with one attached hydrogen (secondary N) is 1. The van der Waals surface area contributed by atoms with E-state index >= 15 is 0 Å². The Balaban J connectivity index is 2.09. The highest BCUT2D eigenvalue weighted by molar-refractivity contribution is 5.25. The Morgan fingerprint density at radius 2 is 1.94 bits per heavy atom. The van der Waals surface area contributed by atoms with Gasteiger partial charge in [0.1, 0.15) is 5.75 Å². The largest absolute Gasteiger partial charge is 0.508 e. The number of benzene rings is 1. The summed E-state index contributed by atoms with van der Waals surface area (Å²) in [5.41, 5.74) is 1.18. The molecule has 17 heavy (non-hydrogen) atoms. The van der Waals surface area contributed by atoms with E-state index in [4.69, 9.17) is 9.84 Å². The number of phenolic OH excluding ortho intramolecular Hbond substituents is 1. The highest BCUT2D eigenvalue weighted by atomic mass is 16.5. The maximum absolute atomic E-state index is 9.14. The van der Waals surface area contributed by atoms with Gasteiger partial charge < -0.3 is 20.1 Å². The summed E-state index contributed by atoms with van der Waals surface area (Å²) < 4.78 is 5.01. The number of hydrogen-bond donors (Lipinski definition) is 2. The van der Waals surface area contributed by atoms with Crippen LogP contribution in [0.25, 0.3) is 0 Å². The third-order valence-corrected chi connectivity index (χ3v) is 2.61. The molecule has 2 N–H and O–H groups in total. The van der Waals surface area contributed by atoms with Gasteiger partial charge in [0.2, 0.25) is 0 Å².